The summed E-state index contributed by atoms with van der Waals surface area (Å²) in [5.41, 5.74) is -0.333. The molecule has 0 aliphatic rings. The highest BCUT2D eigenvalue weighted by molar-refractivity contribution is 6.32. The molecule has 0 heterocycles. The van der Waals surface area contributed by atoms with Crippen LogP contribution in [-0.4, -0.2) is 29.4 Å². The molecule has 0 radical (unpaired) electrons. The third-order valence-corrected chi connectivity index (χ3v) is 2.71. The van der Waals surface area contributed by atoms with Crippen molar-refractivity contribution in [2.75, 3.05) is 6.61 Å². The number of nitro groups is 1. The molecule has 1 unspecified atom stereocenters. The lowest BCUT2D eigenvalue weighted by Gasteiger charge is -2.12. The van der Waals surface area contributed by atoms with Gasteiger partial charge in [-0.15, -0.1) is 0 Å². The van der Waals surface area contributed by atoms with Crippen LogP contribution in [0.2, 0.25) is 5.02 Å². The van der Waals surface area contributed by atoms with Crippen molar-refractivity contribution in [2.45, 2.75) is 19.9 Å². The first-order chi connectivity index (χ1) is 9.36. The predicted octanol–water partition coefficient (Wildman–Crippen LogP) is 1.93. The first kappa shape index (κ1) is 15.9. The number of nitro benzene ring substituents is 1. The van der Waals surface area contributed by atoms with Gasteiger partial charge in [-0.3, -0.25) is 14.9 Å². The number of nitrogens with one attached hydrogen (secondary N) is 1. The van der Waals surface area contributed by atoms with Crippen molar-refractivity contribution in [1.82, 2.24) is 5.32 Å². The Morgan fingerprint density at radius 1 is 1.50 bits per heavy atom. The third-order valence-electron chi connectivity index (χ3n) is 2.39. The van der Waals surface area contributed by atoms with Crippen molar-refractivity contribution in [3.63, 3.8) is 0 Å². The third kappa shape index (κ3) is 3.92. The Morgan fingerprint density at radius 2 is 2.15 bits per heavy atom. The van der Waals surface area contributed by atoms with E-state index in [1.54, 1.807) is 6.92 Å². The fraction of sp³-hybridized carbons (Fsp3) is 0.333. The van der Waals surface area contributed by atoms with E-state index in [0.29, 0.717) is 0 Å². The summed E-state index contributed by atoms with van der Waals surface area (Å²) in [6.45, 7) is 3.31. The summed E-state index contributed by atoms with van der Waals surface area (Å²) in [6, 6.07) is 2.79. The van der Waals surface area contributed by atoms with E-state index >= 15 is 0 Å². The Bertz CT molecular complexity index is 547. The Hall–Kier alpha value is -2.15. The van der Waals surface area contributed by atoms with Crippen molar-refractivity contribution < 1.29 is 19.2 Å². The van der Waals surface area contributed by atoms with Gasteiger partial charge in [-0.25, -0.2) is 4.79 Å². The largest absolute Gasteiger partial charge is 0.464 e. The molecule has 0 saturated heterocycles. The molecule has 0 saturated carbocycles. The van der Waals surface area contributed by atoms with E-state index in [1.165, 1.54) is 19.1 Å². The van der Waals surface area contributed by atoms with Gasteiger partial charge < -0.3 is 10.1 Å². The van der Waals surface area contributed by atoms with Crippen molar-refractivity contribution in [1.29, 1.82) is 0 Å². The summed E-state index contributed by atoms with van der Waals surface area (Å²) in [7, 11) is 0. The van der Waals surface area contributed by atoms with Gasteiger partial charge in [-0.2, -0.15) is 0 Å². The molecule has 1 aromatic carbocycles. The zero-order valence-corrected chi connectivity index (χ0v) is 11.6. The molecule has 0 fully saturated rings. The molecule has 0 aliphatic carbocycles. The van der Waals surface area contributed by atoms with E-state index < -0.39 is 22.8 Å². The highest BCUT2D eigenvalue weighted by atomic mass is 35.5. The number of carbonyl (C=O) groups excluding carboxylic acids is 2. The van der Waals surface area contributed by atoms with Gasteiger partial charge in [-0.05, 0) is 26.0 Å². The van der Waals surface area contributed by atoms with Crippen LogP contribution >= 0.6 is 11.6 Å². The van der Waals surface area contributed by atoms with Crippen LogP contribution in [0.15, 0.2) is 18.2 Å². The molecular weight excluding hydrogens is 288 g/mol. The maximum Gasteiger partial charge on any atom is 0.328 e. The van der Waals surface area contributed by atoms with Crippen LogP contribution < -0.4 is 5.32 Å². The average Bonchev–Trinajstić information content (AvgIpc) is 2.38. The summed E-state index contributed by atoms with van der Waals surface area (Å²) in [5.74, 6) is -1.20. The van der Waals surface area contributed by atoms with Crippen LogP contribution in [0.4, 0.5) is 5.69 Å². The molecular formula is C12H13ClN2O5. The molecule has 0 aliphatic heterocycles. The van der Waals surface area contributed by atoms with Crippen molar-refractivity contribution in [2.24, 2.45) is 0 Å². The molecule has 0 bridgehead atoms. The smallest absolute Gasteiger partial charge is 0.328 e. The zero-order valence-electron chi connectivity index (χ0n) is 10.9. The van der Waals surface area contributed by atoms with Gasteiger partial charge in [0.1, 0.15) is 11.1 Å². The molecule has 0 spiro atoms. The van der Waals surface area contributed by atoms with E-state index in [1.807, 2.05) is 0 Å². The summed E-state index contributed by atoms with van der Waals surface area (Å²) >= 11 is 5.65. The second kappa shape index (κ2) is 6.85. The predicted molar refractivity (Wildman–Crippen MR) is 71.7 cm³/mol. The van der Waals surface area contributed by atoms with Crippen LogP contribution in [0, 0.1) is 10.1 Å². The van der Waals surface area contributed by atoms with E-state index in [4.69, 9.17) is 16.3 Å². The lowest BCUT2D eigenvalue weighted by Crippen LogP contribution is -2.39. The topological polar surface area (TPSA) is 98.5 Å². The number of amides is 1. The van der Waals surface area contributed by atoms with Gasteiger partial charge in [0.15, 0.2) is 0 Å². The first-order valence-corrected chi connectivity index (χ1v) is 6.16. The first-order valence-electron chi connectivity index (χ1n) is 5.78. The van der Waals surface area contributed by atoms with Crippen LogP contribution in [-0.2, 0) is 9.53 Å². The van der Waals surface area contributed by atoms with E-state index in [2.05, 4.69) is 5.32 Å². The second-order valence-electron chi connectivity index (χ2n) is 3.87. The maximum atomic E-state index is 11.9. The van der Waals surface area contributed by atoms with E-state index in [-0.39, 0.29) is 22.9 Å². The molecule has 0 aromatic heterocycles. The number of hydrogen-bond acceptors (Lipinski definition) is 5. The number of esters is 1. The minimum atomic E-state index is -0.850. The van der Waals surface area contributed by atoms with Gasteiger partial charge in [-0.1, -0.05) is 11.6 Å². The molecule has 1 amide bonds. The van der Waals surface area contributed by atoms with Gasteiger partial charge in [0.05, 0.1) is 11.5 Å². The Morgan fingerprint density at radius 3 is 2.70 bits per heavy atom. The van der Waals surface area contributed by atoms with Crippen LogP contribution in [0.25, 0.3) is 0 Å². The van der Waals surface area contributed by atoms with Crippen LogP contribution in [0.5, 0.6) is 0 Å². The Kier molecular flexibility index (Phi) is 5.45. The molecule has 7 nitrogen and oxygen atoms in total. The quantitative estimate of drug-likeness (QED) is 0.509. The fourth-order valence-electron chi connectivity index (χ4n) is 1.40. The minimum Gasteiger partial charge on any atom is -0.464 e. The average molecular weight is 301 g/mol. The van der Waals surface area contributed by atoms with Gasteiger partial charge in [0.2, 0.25) is 0 Å². The number of hydrogen-bond donors (Lipinski definition) is 1. The number of rotatable bonds is 5. The monoisotopic (exact) mass is 300 g/mol. The van der Waals surface area contributed by atoms with E-state index in [0.717, 1.165) is 6.07 Å². The number of benzene rings is 1. The zero-order chi connectivity index (χ0) is 15.3. The molecule has 1 rings (SSSR count). The van der Waals surface area contributed by atoms with Gasteiger partial charge in [0.25, 0.3) is 11.6 Å². The molecule has 8 heteroatoms. The van der Waals surface area contributed by atoms with Crippen molar-refractivity contribution in [3.8, 4) is 0 Å². The minimum absolute atomic E-state index is 0.0391. The molecule has 1 atom stereocenters. The molecule has 1 N–H and O–H groups in total. The Balaban J connectivity index is 2.85. The Labute approximate surface area is 120 Å². The lowest BCUT2D eigenvalue weighted by atomic mass is 10.1. The highest BCUT2D eigenvalue weighted by Gasteiger charge is 2.20. The van der Waals surface area contributed by atoms with Gasteiger partial charge in [0, 0.05) is 11.6 Å². The van der Waals surface area contributed by atoms with Crippen LogP contribution in [0.1, 0.15) is 24.2 Å². The normalized spacial score (nSPS) is 11.6. The van der Waals surface area contributed by atoms with Gasteiger partial charge >= 0.3 is 5.97 Å². The molecule has 20 heavy (non-hydrogen) atoms. The lowest BCUT2D eigenvalue weighted by molar-refractivity contribution is -0.384. The number of nitrogens with zero attached hydrogens (tertiary/aromatic N) is 1. The fourth-order valence-corrected chi connectivity index (χ4v) is 1.59. The highest BCUT2D eigenvalue weighted by Crippen LogP contribution is 2.25. The maximum absolute atomic E-state index is 11.9. The molecule has 1 aromatic rings. The van der Waals surface area contributed by atoms with Crippen LogP contribution in [0.3, 0.4) is 0 Å². The van der Waals surface area contributed by atoms with Crippen molar-refractivity contribution >= 4 is 29.2 Å². The SMILES string of the molecule is CCOC(=O)C(C)NC(=O)c1ccc(Cl)c([N+](=O)[O-])c1. The summed E-state index contributed by atoms with van der Waals surface area (Å²) in [5, 5.41) is 13.0. The summed E-state index contributed by atoms with van der Waals surface area (Å²) in [4.78, 5) is 33.3. The standard InChI is InChI=1S/C12H13ClN2O5/c1-3-20-12(17)7(2)14-11(16)8-4-5-9(13)10(6-8)15(18)19/h4-7H,3H2,1-2H3,(H,14,16). The number of ether oxygens (including phenoxy) is 1. The van der Waals surface area contributed by atoms with Crippen molar-refractivity contribution in [3.05, 3.63) is 38.9 Å². The number of halogens is 1. The number of carbonyl (C=O) groups is 2. The van der Waals surface area contributed by atoms with E-state index in [9.17, 15) is 19.7 Å². The summed E-state index contributed by atoms with van der Waals surface area (Å²) in [6.07, 6.45) is 0. The molecule has 108 valence electrons. The second-order valence-corrected chi connectivity index (χ2v) is 4.28. The summed E-state index contributed by atoms with van der Waals surface area (Å²) < 4.78 is 4.74.